The zero-order valence-electron chi connectivity index (χ0n) is 20.4. The van der Waals surface area contributed by atoms with Gasteiger partial charge in [0.25, 0.3) is 5.91 Å². The minimum atomic E-state index is -0.249. The van der Waals surface area contributed by atoms with Crippen molar-refractivity contribution in [1.82, 2.24) is 5.32 Å². The van der Waals surface area contributed by atoms with Crippen LogP contribution in [0.5, 0.6) is 0 Å². The highest BCUT2D eigenvalue weighted by atomic mass is 16.2. The van der Waals surface area contributed by atoms with Crippen LogP contribution in [-0.4, -0.2) is 17.7 Å². The Morgan fingerprint density at radius 1 is 0.750 bits per heavy atom. The van der Waals surface area contributed by atoms with Gasteiger partial charge in [-0.25, -0.2) is 0 Å². The molecule has 0 saturated carbocycles. The summed E-state index contributed by atoms with van der Waals surface area (Å²) in [7, 11) is 0. The van der Waals surface area contributed by atoms with Gasteiger partial charge in [0.1, 0.15) is 0 Å². The summed E-state index contributed by atoms with van der Waals surface area (Å²) in [5, 5.41) is 8.42. The van der Waals surface area contributed by atoms with E-state index >= 15 is 0 Å². The van der Waals surface area contributed by atoms with E-state index in [1.807, 2.05) is 72.8 Å². The maximum absolute atomic E-state index is 12.4. The standard InChI is InChI=1S/C30H29N3O3/c1-20(2)29(35)31-19-23-7-5-6-22(18-23)8-17-28(34)32-26-13-9-24(10-14-26)25-11-15-27(16-12-25)33-30(36)21(3)4/h5-18H,1,3,19H2,2,4H3,(H,31,35)(H,32,34)(H,33,36)/b17-8+. The summed E-state index contributed by atoms with van der Waals surface area (Å²) in [6.45, 7) is 11.0. The predicted octanol–water partition coefficient (Wildman–Crippen LogP) is 5.71. The fourth-order valence-electron chi connectivity index (χ4n) is 3.23. The molecule has 182 valence electrons. The monoisotopic (exact) mass is 479 g/mol. The van der Waals surface area contributed by atoms with Gasteiger partial charge in [-0.2, -0.15) is 0 Å². The van der Waals surface area contributed by atoms with Crippen molar-refractivity contribution in [1.29, 1.82) is 0 Å². The number of carbonyl (C=O) groups excluding carboxylic acids is 3. The van der Waals surface area contributed by atoms with Crippen LogP contribution in [-0.2, 0) is 20.9 Å². The lowest BCUT2D eigenvalue weighted by molar-refractivity contribution is -0.117. The molecule has 0 bridgehead atoms. The van der Waals surface area contributed by atoms with Gasteiger partial charge in [-0.1, -0.05) is 55.6 Å². The highest BCUT2D eigenvalue weighted by molar-refractivity contribution is 6.03. The van der Waals surface area contributed by atoms with Crippen LogP contribution in [0, 0.1) is 0 Å². The maximum Gasteiger partial charge on any atom is 0.250 e. The van der Waals surface area contributed by atoms with Crippen molar-refractivity contribution >= 4 is 35.2 Å². The average Bonchev–Trinajstić information content (AvgIpc) is 2.87. The van der Waals surface area contributed by atoms with Crippen LogP contribution in [0.3, 0.4) is 0 Å². The molecule has 0 aliphatic heterocycles. The summed E-state index contributed by atoms with van der Waals surface area (Å²) in [4.78, 5) is 35.8. The number of benzene rings is 3. The van der Waals surface area contributed by atoms with Gasteiger partial charge < -0.3 is 16.0 Å². The van der Waals surface area contributed by atoms with E-state index in [9.17, 15) is 14.4 Å². The van der Waals surface area contributed by atoms with Gasteiger partial charge in [0, 0.05) is 35.1 Å². The van der Waals surface area contributed by atoms with Crippen LogP contribution in [0.4, 0.5) is 11.4 Å². The first-order chi connectivity index (χ1) is 17.2. The molecular weight excluding hydrogens is 450 g/mol. The fourth-order valence-corrected chi connectivity index (χ4v) is 3.23. The highest BCUT2D eigenvalue weighted by Gasteiger charge is 2.05. The van der Waals surface area contributed by atoms with Crippen LogP contribution >= 0.6 is 0 Å². The molecular formula is C30H29N3O3. The van der Waals surface area contributed by atoms with E-state index in [0.29, 0.717) is 29.1 Å². The molecule has 3 amide bonds. The quantitative estimate of drug-likeness (QED) is 0.344. The number of hydrogen-bond donors (Lipinski definition) is 3. The van der Waals surface area contributed by atoms with Crippen molar-refractivity contribution < 1.29 is 14.4 Å². The molecule has 3 aromatic carbocycles. The number of hydrogen-bond acceptors (Lipinski definition) is 3. The van der Waals surface area contributed by atoms with Crippen LogP contribution in [0.15, 0.2) is 103 Å². The topological polar surface area (TPSA) is 87.3 Å². The molecule has 3 rings (SSSR count). The normalized spacial score (nSPS) is 10.5. The molecule has 3 aromatic rings. The molecule has 6 heteroatoms. The van der Waals surface area contributed by atoms with Crippen molar-refractivity contribution in [3.05, 3.63) is 114 Å². The summed E-state index contributed by atoms with van der Waals surface area (Å²) < 4.78 is 0. The molecule has 0 aliphatic carbocycles. The number of carbonyl (C=O) groups is 3. The number of amides is 3. The molecule has 0 heterocycles. The van der Waals surface area contributed by atoms with E-state index in [0.717, 1.165) is 22.3 Å². The molecule has 36 heavy (non-hydrogen) atoms. The van der Waals surface area contributed by atoms with Crippen molar-refractivity contribution in [3.8, 4) is 11.1 Å². The van der Waals surface area contributed by atoms with Crippen LogP contribution in [0.1, 0.15) is 25.0 Å². The number of anilines is 2. The fraction of sp³-hybridized carbons (Fsp3) is 0.100. The van der Waals surface area contributed by atoms with Gasteiger partial charge in [0.15, 0.2) is 0 Å². The SMILES string of the molecule is C=C(C)C(=O)NCc1cccc(/C=C/C(=O)Nc2ccc(-c3ccc(NC(=O)C(=C)C)cc3)cc2)c1. The summed E-state index contributed by atoms with van der Waals surface area (Å²) in [5.74, 6) is -0.650. The van der Waals surface area contributed by atoms with Gasteiger partial charge in [-0.05, 0) is 72.5 Å². The zero-order chi connectivity index (χ0) is 26.1. The number of rotatable bonds is 9. The van der Waals surface area contributed by atoms with Gasteiger partial charge in [-0.15, -0.1) is 0 Å². The summed E-state index contributed by atoms with van der Waals surface area (Å²) >= 11 is 0. The summed E-state index contributed by atoms with van der Waals surface area (Å²) in [6, 6.07) is 22.6. The average molecular weight is 480 g/mol. The smallest absolute Gasteiger partial charge is 0.250 e. The largest absolute Gasteiger partial charge is 0.348 e. The van der Waals surface area contributed by atoms with E-state index in [-0.39, 0.29) is 17.7 Å². The first kappa shape index (κ1) is 25.9. The van der Waals surface area contributed by atoms with Crippen LogP contribution < -0.4 is 16.0 Å². The molecule has 0 fully saturated rings. The van der Waals surface area contributed by atoms with E-state index in [4.69, 9.17) is 0 Å². The second-order valence-electron chi connectivity index (χ2n) is 8.42. The lowest BCUT2D eigenvalue weighted by Crippen LogP contribution is -2.22. The lowest BCUT2D eigenvalue weighted by Gasteiger charge is -2.08. The van der Waals surface area contributed by atoms with Crippen molar-refractivity contribution in [3.63, 3.8) is 0 Å². The summed E-state index contributed by atoms with van der Waals surface area (Å²) in [6.07, 6.45) is 3.19. The predicted molar refractivity (Wildman–Crippen MR) is 146 cm³/mol. The second kappa shape index (κ2) is 12.1. The molecule has 3 N–H and O–H groups in total. The van der Waals surface area contributed by atoms with Crippen LogP contribution in [0.25, 0.3) is 17.2 Å². The second-order valence-corrected chi connectivity index (χ2v) is 8.42. The molecule has 0 atom stereocenters. The molecule has 6 nitrogen and oxygen atoms in total. The number of nitrogens with one attached hydrogen (secondary N) is 3. The van der Waals surface area contributed by atoms with Crippen molar-refractivity contribution in [2.45, 2.75) is 20.4 Å². The Kier molecular flexibility index (Phi) is 8.73. The Morgan fingerprint density at radius 3 is 1.86 bits per heavy atom. The Labute approximate surface area is 211 Å². The summed E-state index contributed by atoms with van der Waals surface area (Å²) in [5.41, 5.74) is 6.03. The molecule has 0 radical (unpaired) electrons. The Morgan fingerprint density at radius 2 is 1.31 bits per heavy atom. The Balaban J connectivity index is 1.56. The molecule has 0 saturated heterocycles. The first-order valence-corrected chi connectivity index (χ1v) is 11.4. The van der Waals surface area contributed by atoms with E-state index in [1.54, 1.807) is 19.9 Å². The Bertz CT molecular complexity index is 1320. The molecule has 0 aliphatic rings. The molecule has 0 unspecified atom stereocenters. The third-order valence-corrected chi connectivity index (χ3v) is 5.24. The van der Waals surface area contributed by atoms with E-state index < -0.39 is 0 Å². The van der Waals surface area contributed by atoms with Gasteiger partial charge in [0.05, 0.1) is 0 Å². The third kappa shape index (κ3) is 7.67. The lowest BCUT2D eigenvalue weighted by atomic mass is 10.0. The van der Waals surface area contributed by atoms with E-state index in [2.05, 4.69) is 29.1 Å². The van der Waals surface area contributed by atoms with Crippen molar-refractivity contribution in [2.75, 3.05) is 10.6 Å². The highest BCUT2D eigenvalue weighted by Crippen LogP contribution is 2.23. The third-order valence-electron chi connectivity index (χ3n) is 5.24. The minimum Gasteiger partial charge on any atom is -0.348 e. The minimum absolute atomic E-state index is 0.189. The zero-order valence-corrected chi connectivity index (χ0v) is 20.4. The van der Waals surface area contributed by atoms with Crippen LogP contribution in [0.2, 0.25) is 0 Å². The van der Waals surface area contributed by atoms with Gasteiger partial charge in [0.2, 0.25) is 11.8 Å². The Hall–Kier alpha value is -4.71. The maximum atomic E-state index is 12.4. The molecule has 0 spiro atoms. The van der Waals surface area contributed by atoms with Gasteiger partial charge >= 0.3 is 0 Å². The first-order valence-electron chi connectivity index (χ1n) is 11.4. The van der Waals surface area contributed by atoms with Crippen molar-refractivity contribution in [2.24, 2.45) is 0 Å². The molecule has 0 aromatic heterocycles. The van der Waals surface area contributed by atoms with Gasteiger partial charge in [-0.3, -0.25) is 14.4 Å². The van der Waals surface area contributed by atoms with E-state index in [1.165, 1.54) is 6.08 Å².